The van der Waals surface area contributed by atoms with E-state index >= 15 is 0 Å². The van der Waals surface area contributed by atoms with Crippen LogP contribution in [0.1, 0.15) is 19.3 Å². The number of esters is 1. The third-order valence-electron chi connectivity index (χ3n) is 6.18. The summed E-state index contributed by atoms with van der Waals surface area (Å²) in [5.41, 5.74) is 2.45. The molecule has 134 valence electrons. The second kappa shape index (κ2) is 6.13. The molecule has 1 aromatic heterocycles. The Hall–Kier alpha value is -2.33. The van der Waals surface area contributed by atoms with Crippen molar-refractivity contribution in [2.45, 2.75) is 31.9 Å². The van der Waals surface area contributed by atoms with Gasteiger partial charge in [-0.2, -0.15) is 0 Å². The summed E-state index contributed by atoms with van der Waals surface area (Å²) < 4.78 is 9.08. The molecule has 2 aliphatic heterocycles. The van der Waals surface area contributed by atoms with Crippen molar-refractivity contribution in [3.63, 3.8) is 0 Å². The van der Waals surface area contributed by atoms with Crippen molar-refractivity contribution >= 4 is 27.8 Å². The monoisotopic (exact) mass is 349 g/mol. The molecule has 0 saturated carbocycles. The quantitative estimate of drug-likeness (QED) is 0.521. The second-order valence-electron chi connectivity index (χ2n) is 7.95. The Balaban J connectivity index is 1.53. The van der Waals surface area contributed by atoms with Gasteiger partial charge in [0.2, 0.25) is 0 Å². The number of quaternary nitrogens is 1. The number of benzene rings is 2. The van der Waals surface area contributed by atoms with Gasteiger partial charge in [-0.15, -0.1) is 0 Å². The standard InChI is InChI=1S/C22H25N2O2/c25-22-16-24(12-6-1-7-13-24)15-17(26-22)14-23-20-10-4-2-8-18(20)19-9-3-5-11-21(19)23/h2-5,8-11,17H,1,6-7,12-16H2/q+1/t17-/m1/s1. The van der Waals surface area contributed by atoms with Crippen LogP contribution >= 0.6 is 0 Å². The van der Waals surface area contributed by atoms with Crippen LogP contribution in [0.3, 0.4) is 0 Å². The topological polar surface area (TPSA) is 31.2 Å². The van der Waals surface area contributed by atoms with Gasteiger partial charge in [-0.1, -0.05) is 36.4 Å². The maximum Gasteiger partial charge on any atom is 0.362 e. The van der Waals surface area contributed by atoms with E-state index in [4.69, 9.17) is 4.74 Å². The fraction of sp³-hybridized carbons (Fsp3) is 0.409. The average Bonchev–Trinajstić information content (AvgIpc) is 2.96. The van der Waals surface area contributed by atoms with Crippen LogP contribution < -0.4 is 0 Å². The fourth-order valence-corrected chi connectivity index (χ4v) is 5.05. The molecule has 0 N–H and O–H groups in total. The van der Waals surface area contributed by atoms with E-state index < -0.39 is 0 Å². The van der Waals surface area contributed by atoms with Crippen molar-refractivity contribution in [1.29, 1.82) is 0 Å². The lowest BCUT2D eigenvalue weighted by Gasteiger charge is -2.45. The highest BCUT2D eigenvalue weighted by Gasteiger charge is 2.41. The lowest BCUT2D eigenvalue weighted by Crippen LogP contribution is -2.62. The molecule has 1 spiro atoms. The number of carbonyl (C=O) groups is 1. The van der Waals surface area contributed by atoms with E-state index in [1.807, 2.05) is 0 Å². The van der Waals surface area contributed by atoms with E-state index in [2.05, 4.69) is 53.1 Å². The smallest absolute Gasteiger partial charge is 0.362 e. The van der Waals surface area contributed by atoms with Crippen LogP contribution in [0.2, 0.25) is 0 Å². The Morgan fingerprint density at radius 3 is 2.19 bits per heavy atom. The molecule has 3 heterocycles. The molecule has 0 aliphatic carbocycles. The summed E-state index contributed by atoms with van der Waals surface area (Å²) in [6.07, 6.45) is 3.71. The van der Waals surface area contributed by atoms with Gasteiger partial charge in [0, 0.05) is 21.8 Å². The van der Waals surface area contributed by atoms with Crippen LogP contribution in [0.4, 0.5) is 0 Å². The van der Waals surface area contributed by atoms with Crippen molar-refractivity contribution in [3.05, 3.63) is 48.5 Å². The Morgan fingerprint density at radius 1 is 0.923 bits per heavy atom. The number of morpholine rings is 1. The van der Waals surface area contributed by atoms with Crippen LogP contribution in [0.15, 0.2) is 48.5 Å². The molecule has 0 amide bonds. The molecular formula is C22H25N2O2+. The van der Waals surface area contributed by atoms with E-state index in [1.165, 1.54) is 41.1 Å². The molecule has 1 atom stereocenters. The van der Waals surface area contributed by atoms with Crippen molar-refractivity contribution in [1.82, 2.24) is 4.57 Å². The van der Waals surface area contributed by atoms with Crippen LogP contribution in [-0.4, -0.2) is 47.3 Å². The first-order valence-corrected chi connectivity index (χ1v) is 9.75. The summed E-state index contributed by atoms with van der Waals surface area (Å²) in [6, 6.07) is 17.1. The molecular weight excluding hydrogens is 324 g/mol. The molecule has 0 bridgehead atoms. The van der Waals surface area contributed by atoms with Gasteiger partial charge in [-0.3, -0.25) is 0 Å². The van der Waals surface area contributed by atoms with Crippen molar-refractivity contribution < 1.29 is 14.0 Å². The minimum atomic E-state index is -0.0476. The summed E-state index contributed by atoms with van der Waals surface area (Å²) in [5.74, 6) is -0.0242. The molecule has 2 aromatic carbocycles. The van der Waals surface area contributed by atoms with Gasteiger partial charge in [0.05, 0.1) is 19.6 Å². The predicted octanol–water partition coefficient (Wildman–Crippen LogP) is 3.72. The number of hydrogen-bond donors (Lipinski definition) is 0. The first kappa shape index (κ1) is 15.9. The summed E-state index contributed by atoms with van der Waals surface area (Å²) in [6.45, 7) is 4.49. The minimum Gasteiger partial charge on any atom is -0.450 e. The highest BCUT2D eigenvalue weighted by Crippen LogP contribution is 2.30. The number of para-hydroxylation sites is 2. The van der Waals surface area contributed by atoms with Crippen LogP contribution in [-0.2, 0) is 16.1 Å². The van der Waals surface area contributed by atoms with Crippen molar-refractivity contribution in [3.8, 4) is 0 Å². The summed E-state index contributed by atoms with van der Waals surface area (Å²) in [4.78, 5) is 12.4. The first-order valence-electron chi connectivity index (χ1n) is 9.75. The van der Waals surface area contributed by atoms with E-state index in [0.29, 0.717) is 6.54 Å². The zero-order valence-corrected chi connectivity index (χ0v) is 15.1. The Morgan fingerprint density at radius 2 is 1.54 bits per heavy atom. The molecule has 4 heteroatoms. The zero-order valence-electron chi connectivity index (χ0n) is 15.1. The number of hydrogen-bond acceptors (Lipinski definition) is 2. The Bertz CT molecular complexity index is 915. The third kappa shape index (κ3) is 2.60. The van der Waals surface area contributed by atoms with Gasteiger partial charge in [0.25, 0.3) is 0 Å². The largest absolute Gasteiger partial charge is 0.450 e. The highest BCUT2D eigenvalue weighted by molar-refractivity contribution is 6.07. The molecule has 3 aromatic rings. The lowest BCUT2D eigenvalue weighted by atomic mass is 10.0. The van der Waals surface area contributed by atoms with E-state index in [-0.39, 0.29) is 12.1 Å². The predicted molar refractivity (Wildman–Crippen MR) is 103 cm³/mol. The number of nitrogens with zero attached hydrogens (tertiary/aromatic N) is 2. The number of aromatic nitrogens is 1. The average molecular weight is 349 g/mol. The van der Waals surface area contributed by atoms with Gasteiger partial charge < -0.3 is 13.8 Å². The lowest BCUT2D eigenvalue weighted by molar-refractivity contribution is -0.932. The van der Waals surface area contributed by atoms with E-state index in [9.17, 15) is 4.79 Å². The molecule has 2 saturated heterocycles. The number of carbonyl (C=O) groups excluding carboxylic acids is 1. The van der Waals surface area contributed by atoms with Crippen molar-refractivity contribution in [2.75, 3.05) is 26.2 Å². The van der Waals surface area contributed by atoms with Crippen LogP contribution in [0.5, 0.6) is 0 Å². The number of fused-ring (bicyclic) bond motifs is 3. The Labute approximate surface area is 153 Å². The maximum atomic E-state index is 12.4. The Kier molecular flexibility index (Phi) is 3.75. The minimum absolute atomic E-state index is 0.0242. The normalized spacial score (nSPS) is 22.8. The van der Waals surface area contributed by atoms with E-state index in [1.54, 1.807) is 0 Å². The molecule has 4 nitrogen and oxygen atoms in total. The van der Waals surface area contributed by atoms with Crippen LogP contribution in [0, 0.1) is 0 Å². The highest BCUT2D eigenvalue weighted by atomic mass is 16.5. The van der Waals surface area contributed by atoms with Crippen molar-refractivity contribution in [2.24, 2.45) is 0 Å². The van der Waals surface area contributed by atoms with Gasteiger partial charge in [0.15, 0.2) is 12.6 Å². The van der Waals surface area contributed by atoms with Gasteiger partial charge in [-0.25, -0.2) is 4.79 Å². The molecule has 2 aliphatic rings. The maximum absolute atomic E-state index is 12.4. The van der Waals surface area contributed by atoms with Gasteiger partial charge >= 0.3 is 5.97 Å². The van der Waals surface area contributed by atoms with Gasteiger partial charge in [-0.05, 0) is 31.4 Å². The number of cyclic esters (lactones) is 1. The molecule has 0 unspecified atom stereocenters. The summed E-state index contributed by atoms with van der Waals surface area (Å²) in [5, 5.41) is 2.54. The number of rotatable bonds is 2. The molecule has 2 fully saturated rings. The summed E-state index contributed by atoms with van der Waals surface area (Å²) in [7, 11) is 0. The first-order chi connectivity index (χ1) is 12.7. The fourth-order valence-electron chi connectivity index (χ4n) is 5.05. The molecule has 0 radical (unpaired) electrons. The second-order valence-corrected chi connectivity index (χ2v) is 7.95. The zero-order chi connectivity index (χ0) is 17.6. The van der Waals surface area contributed by atoms with E-state index in [0.717, 1.165) is 30.7 Å². The molecule has 26 heavy (non-hydrogen) atoms. The molecule has 5 rings (SSSR count). The number of piperidine rings is 1. The van der Waals surface area contributed by atoms with Crippen LogP contribution in [0.25, 0.3) is 21.8 Å². The van der Waals surface area contributed by atoms with Gasteiger partial charge in [0.1, 0.15) is 6.54 Å². The number of ether oxygens (including phenoxy) is 1. The SMILES string of the molecule is O=C1C[N+]2(CCCCC2)C[C@@H](Cn2c3ccccc3c3ccccc32)O1. The summed E-state index contributed by atoms with van der Waals surface area (Å²) >= 11 is 0. The third-order valence-corrected chi connectivity index (χ3v) is 6.18.